The summed E-state index contributed by atoms with van der Waals surface area (Å²) in [5.41, 5.74) is -0.0431. The number of anilines is 1. The average Bonchev–Trinajstić information content (AvgIpc) is 2.48. The minimum absolute atomic E-state index is 0.0327. The van der Waals surface area contributed by atoms with E-state index in [4.69, 9.17) is 9.84 Å². The molecule has 22 heavy (non-hydrogen) atoms. The molecule has 0 aliphatic heterocycles. The fourth-order valence-electron chi connectivity index (χ4n) is 1.69. The number of carboxylic acids is 1. The number of halogens is 2. The molecule has 0 heterocycles. The number of hydrogen-bond donors (Lipinski definition) is 2. The number of benzene rings is 2. The van der Waals surface area contributed by atoms with E-state index in [1.54, 1.807) is 12.1 Å². The molecule has 0 saturated carbocycles. The number of nitrogens with one attached hydrogen (secondary N) is 1. The van der Waals surface area contributed by atoms with Gasteiger partial charge in [-0.25, -0.2) is 9.18 Å². The smallest absolute Gasteiger partial charge is 0.339 e. The molecule has 2 N–H and O–H groups in total. The van der Waals surface area contributed by atoms with Crippen molar-refractivity contribution in [2.45, 2.75) is 0 Å². The maximum atomic E-state index is 13.4. The Balaban J connectivity index is 2.03. The molecule has 1 amide bonds. The Morgan fingerprint density at radius 3 is 2.64 bits per heavy atom. The maximum Gasteiger partial charge on any atom is 0.339 e. The first-order chi connectivity index (χ1) is 10.5. The topological polar surface area (TPSA) is 75.6 Å². The fraction of sp³-hybridized carbons (Fsp3) is 0.0667. The molecule has 0 bridgehead atoms. The molecule has 0 unspecified atom stereocenters. The highest BCUT2D eigenvalue weighted by molar-refractivity contribution is 9.10. The van der Waals surface area contributed by atoms with Crippen molar-refractivity contribution in [3.05, 3.63) is 58.3 Å². The molecule has 0 saturated heterocycles. The molecule has 0 aromatic heterocycles. The van der Waals surface area contributed by atoms with Crippen LogP contribution in [0, 0.1) is 5.82 Å². The van der Waals surface area contributed by atoms with Crippen LogP contribution in [-0.2, 0) is 4.79 Å². The lowest BCUT2D eigenvalue weighted by atomic mass is 10.2. The first-order valence-electron chi connectivity index (χ1n) is 6.17. The quantitative estimate of drug-likeness (QED) is 0.849. The second-order valence-electron chi connectivity index (χ2n) is 4.26. The normalized spacial score (nSPS) is 10.1. The second-order valence-corrected chi connectivity index (χ2v) is 5.18. The molecule has 0 aliphatic rings. The van der Waals surface area contributed by atoms with Gasteiger partial charge in [0.1, 0.15) is 17.1 Å². The number of aromatic carboxylic acids is 1. The summed E-state index contributed by atoms with van der Waals surface area (Å²) in [5, 5.41) is 11.4. The summed E-state index contributed by atoms with van der Waals surface area (Å²) in [6, 6.07) is 10.1. The van der Waals surface area contributed by atoms with Crippen LogP contribution >= 0.6 is 15.9 Å². The first kappa shape index (κ1) is 16.0. The summed E-state index contributed by atoms with van der Waals surface area (Å²) in [6.45, 7) is -0.434. The molecule has 114 valence electrons. The van der Waals surface area contributed by atoms with Crippen molar-refractivity contribution in [2.75, 3.05) is 11.9 Å². The van der Waals surface area contributed by atoms with E-state index in [2.05, 4.69) is 21.2 Å². The van der Waals surface area contributed by atoms with Gasteiger partial charge in [0.25, 0.3) is 5.91 Å². The zero-order valence-electron chi connectivity index (χ0n) is 11.2. The summed E-state index contributed by atoms with van der Waals surface area (Å²) in [5.74, 6) is -2.28. The lowest BCUT2D eigenvalue weighted by molar-refractivity contribution is -0.118. The van der Waals surface area contributed by atoms with Crippen LogP contribution in [-0.4, -0.2) is 23.6 Å². The molecule has 0 radical (unpaired) electrons. The van der Waals surface area contributed by atoms with Crippen molar-refractivity contribution in [2.24, 2.45) is 0 Å². The number of carbonyl (C=O) groups is 2. The molecule has 0 aliphatic carbocycles. The third-order valence-corrected chi connectivity index (χ3v) is 3.17. The zero-order chi connectivity index (χ0) is 16.1. The maximum absolute atomic E-state index is 13.4. The highest BCUT2D eigenvalue weighted by atomic mass is 79.9. The van der Waals surface area contributed by atoms with Gasteiger partial charge in [-0.3, -0.25) is 4.79 Å². The van der Waals surface area contributed by atoms with E-state index in [0.29, 0.717) is 4.47 Å². The third kappa shape index (κ3) is 4.05. The van der Waals surface area contributed by atoms with Crippen LogP contribution in [0.15, 0.2) is 46.9 Å². The van der Waals surface area contributed by atoms with Crippen LogP contribution in [0.3, 0.4) is 0 Å². The van der Waals surface area contributed by atoms with Gasteiger partial charge in [-0.2, -0.15) is 0 Å². The van der Waals surface area contributed by atoms with Crippen molar-refractivity contribution in [1.29, 1.82) is 0 Å². The molecule has 0 atom stereocenters. The van der Waals surface area contributed by atoms with Crippen LogP contribution in [0.5, 0.6) is 5.75 Å². The summed E-state index contributed by atoms with van der Waals surface area (Å²) in [7, 11) is 0. The van der Waals surface area contributed by atoms with Crippen LogP contribution in [0.1, 0.15) is 10.4 Å². The highest BCUT2D eigenvalue weighted by Gasteiger charge is 2.14. The molecular formula is C15H11BrFNO4. The first-order valence-corrected chi connectivity index (χ1v) is 6.96. The molecule has 2 aromatic rings. The second kappa shape index (κ2) is 7.04. The van der Waals surface area contributed by atoms with E-state index >= 15 is 0 Å². The Morgan fingerprint density at radius 1 is 1.23 bits per heavy atom. The van der Waals surface area contributed by atoms with Gasteiger partial charge in [0.15, 0.2) is 6.61 Å². The standard InChI is InChI=1S/C15H11BrFNO4/c16-9-5-6-13(10(7-9)15(20)21)22-8-14(19)18-12-4-2-1-3-11(12)17/h1-7H,8H2,(H,18,19)(H,20,21). The van der Waals surface area contributed by atoms with Gasteiger partial charge in [0.2, 0.25) is 0 Å². The summed E-state index contributed by atoms with van der Waals surface area (Å²) >= 11 is 3.16. The summed E-state index contributed by atoms with van der Waals surface area (Å²) in [4.78, 5) is 22.8. The Kier molecular flexibility index (Phi) is 5.11. The number of hydrogen-bond acceptors (Lipinski definition) is 3. The lowest BCUT2D eigenvalue weighted by Crippen LogP contribution is -2.21. The van der Waals surface area contributed by atoms with Gasteiger partial charge in [0.05, 0.1) is 5.69 Å². The fourth-order valence-corrected chi connectivity index (χ4v) is 2.05. The van der Waals surface area contributed by atoms with Gasteiger partial charge in [-0.15, -0.1) is 0 Å². The van der Waals surface area contributed by atoms with E-state index in [9.17, 15) is 14.0 Å². The van der Waals surface area contributed by atoms with E-state index in [0.717, 1.165) is 0 Å². The van der Waals surface area contributed by atoms with E-state index in [1.807, 2.05) is 0 Å². The van der Waals surface area contributed by atoms with E-state index < -0.39 is 24.3 Å². The van der Waals surface area contributed by atoms with Crippen molar-refractivity contribution in [3.8, 4) is 5.75 Å². The molecule has 2 rings (SSSR count). The van der Waals surface area contributed by atoms with Crippen molar-refractivity contribution in [3.63, 3.8) is 0 Å². The molecule has 5 nitrogen and oxygen atoms in total. The Morgan fingerprint density at radius 2 is 1.95 bits per heavy atom. The molecule has 0 fully saturated rings. The zero-order valence-corrected chi connectivity index (χ0v) is 12.8. The SMILES string of the molecule is O=C(COc1ccc(Br)cc1C(=O)O)Nc1ccccc1F. The minimum Gasteiger partial charge on any atom is -0.483 e. The largest absolute Gasteiger partial charge is 0.483 e. The number of amides is 1. The number of carboxylic acid groups (broad SMARTS) is 1. The van der Waals surface area contributed by atoms with E-state index in [-0.39, 0.29) is 17.0 Å². The Hall–Kier alpha value is -2.41. The highest BCUT2D eigenvalue weighted by Crippen LogP contribution is 2.23. The van der Waals surface area contributed by atoms with Crippen molar-refractivity contribution < 1.29 is 23.8 Å². The lowest BCUT2D eigenvalue weighted by Gasteiger charge is -2.10. The summed E-state index contributed by atoms with van der Waals surface area (Å²) in [6.07, 6.45) is 0. The predicted octanol–water partition coefficient (Wildman–Crippen LogP) is 3.30. The number of para-hydroxylation sites is 1. The van der Waals surface area contributed by atoms with Crippen LogP contribution in [0.4, 0.5) is 10.1 Å². The average molecular weight is 368 g/mol. The van der Waals surface area contributed by atoms with Crippen LogP contribution in [0.2, 0.25) is 0 Å². The molecular weight excluding hydrogens is 357 g/mol. The Labute approximate surface area is 133 Å². The molecule has 0 spiro atoms. The van der Waals surface area contributed by atoms with Gasteiger partial charge in [0, 0.05) is 4.47 Å². The monoisotopic (exact) mass is 367 g/mol. The van der Waals surface area contributed by atoms with Crippen LogP contribution < -0.4 is 10.1 Å². The molecule has 7 heteroatoms. The van der Waals surface area contributed by atoms with E-state index in [1.165, 1.54) is 30.3 Å². The van der Waals surface area contributed by atoms with Crippen molar-refractivity contribution >= 4 is 33.5 Å². The van der Waals surface area contributed by atoms with Gasteiger partial charge < -0.3 is 15.2 Å². The predicted molar refractivity (Wildman–Crippen MR) is 81.6 cm³/mol. The Bertz CT molecular complexity index is 720. The molecule has 2 aromatic carbocycles. The number of ether oxygens (including phenoxy) is 1. The number of carbonyl (C=O) groups excluding carboxylic acids is 1. The number of rotatable bonds is 5. The van der Waals surface area contributed by atoms with Crippen molar-refractivity contribution in [1.82, 2.24) is 0 Å². The third-order valence-electron chi connectivity index (χ3n) is 2.68. The summed E-state index contributed by atoms with van der Waals surface area (Å²) < 4.78 is 19.2. The minimum atomic E-state index is -1.18. The van der Waals surface area contributed by atoms with Gasteiger partial charge in [-0.1, -0.05) is 28.1 Å². The van der Waals surface area contributed by atoms with Gasteiger partial charge >= 0.3 is 5.97 Å². The van der Waals surface area contributed by atoms with Gasteiger partial charge in [-0.05, 0) is 30.3 Å². The van der Waals surface area contributed by atoms with Crippen LogP contribution in [0.25, 0.3) is 0 Å².